The van der Waals surface area contributed by atoms with Crippen molar-refractivity contribution in [2.24, 2.45) is 0 Å². The fraction of sp³-hybridized carbons (Fsp3) is 0.286. The van der Waals surface area contributed by atoms with Crippen molar-refractivity contribution >= 4 is 5.97 Å². The molecule has 0 atom stereocenters. The lowest BCUT2D eigenvalue weighted by Crippen LogP contribution is -1.98. The summed E-state index contributed by atoms with van der Waals surface area (Å²) in [4.78, 5) is 15.2. The first-order valence-corrected chi connectivity index (χ1v) is 5.98. The normalized spacial score (nSPS) is 10.6. The van der Waals surface area contributed by atoms with Crippen LogP contribution < -0.4 is 0 Å². The van der Waals surface area contributed by atoms with E-state index < -0.39 is 5.97 Å². The zero-order valence-electron chi connectivity index (χ0n) is 10.4. The van der Waals surface area contributed by atoms with Crippen molar-refractivity contribution in [3.8, 4) is 11.5 Å². The van der Waals surface area contributed by atoms with Crippen molar-refractivity contribution in [1.82, 2.24) is 4.98 Å². The number of hydrogen-bond acceptors (Lipinski definition) is 3. The number of oxazole rings is 1. The largest absolute Gasteiger partial charge is 0.475 e. The summed E-state index contributed by atoms with van der Waals surface area (Å²) in [5, 5.41) is 9.01. The smallest absolute Gasteiger partial charge is 0.373 e. The van der Waals surface area contributed by atoms with Crippen molar-refractivity contribution in [2.75, 3.05) is 0 Å². The molecule has 2 aromatic rings. The van der Waals surface area contributed by atoms with Crippen LogP contribution in [-0.4, -0.2) is 16.1 Å². The Balaban J connectivity index is 2.40. The molecule has 2 rings (SSSR count). The topological polar surface area (TPSA) is 63.3 Å². The lowest BCUT2D eigenvalue weighted by Gasteiger charge is -1.97. The molecule has 0 saturated heterocycles. The molecule has 0 saturated carbocycles. The van der Waals surface area contributed by atoms with E-state index in [9.17, 15) is 4.79 Å². The van der Waals surface area contributed by atoms with Crippen molar-refractivity contribution in [3.05, 3.63) is 41.3 Å². The maximum Gasteiger partial charge on any atom is 0.373 e. The summed E-state index contributed by atoms with van der Waals surface area (Å²) in [6.07, 6.45) is 1.50. The number of carbonyl (C=O) groups is 1. The van der Waals surface area contributed by atoms with Gasteiger partial charge in [0.25, 0.3) is 0 Å². The molecule has 0 aliphatic heterocycles. The lowest BCUT2D eigenvalue weighted by atomic mass is 10.1. The standard InChI is InChI=1S/C14H15NO3/c1-3-9-5-7-10(8-6-9)13-15-11(4-2)12(18-13)14(16)17/h5-8H,3-4H2,1-2H3,(H,16,17). The van der Waals surface area contributed by atoms with E-state index in [1.165, 1.54) is 5.56 Å². The van der Waals surface area contributed by atoms with E-state index >= 15 is 0 Å². The Labute approximate surface area is 105 Å². The molecule has 4 nitrogen and oxygen atoms in total. The van der Waals surface area contributed by atoms with Crippen molar-refractivity contribution in [3.63, 3.8) is 0 Å². The summed E-state index contributed by atoms with van der Waals surface area (Å²) in [5.41, 5.74) is 2.51. The van der Waals surface area contributed by atoms with Crippen LogP contribution in [0.5, 0.6) is 0 Å². The van der Waals surface area contributed by atoms with Gasteiger partial charge in [-0.25, -0.2) is 9.78 Å². The molecule has 1 aromatic heterocycles. The highest BCUT2D eigenvalue weighted by Gasteiger charge is 2.18. The summed E-state index contributed by atoms with van der Waals surface area (Å²) in [7, 11) is 0. The number of carboxylic acids is 1. The predicted octanol–water partition coefficient (Wildman–Crippen LogP) is 3.16. The summed E-state index contributed by atoms with van der Waals surface area (Å²) < 4.78 is 5.32. The van der Waals surface area contributed by atoms with Crippen molar-refractivity contribution in [1.29, 1.82) is 0 Å². The minimum atomic E-state index is -1.07. The minimum Gasteiger partial charge on any atom is -0.475 e. The second kappa shape index (κ2) is 5.04. The molecule has 0 bridgehead atoms. The van der Waals surface area contributed by atoms with Gasteiger partial charge in [0.2, 0.25) is 11.7 Å². The van der Waals surface area contributed by atoms with Gasteiger partial charge in [-0.2, -0.15) is 0 Å². The van der Waals surface area contributed by atoms with Gasteiger partial charge in [-0.05, 0) is 30.5 Å². The molecule has 0 aliphatic carbocycles. The van der Waals surface area contributed by atoms with Crippen LogP contribution in [-0.2, 0) is 12.8 Å². The van der Waals surface area contributed by atoms with Gasteiger partial charge in [0.15, 0.2) is 0 Å². The number of hydrogen-bond donors (Lipinski definition) is 1. The predicted molar refractivity (Wildman–Crippen MR) is 67.7 cm³/mol. The molecular weight excluding hydrogens is 230 g/mol. The highest BCUT2D eigenvalue weighted by Crippen LogP contribution is 2.23. The minimum absolute atomic E-state index is 0.0629. The van der Waals surface area contributed by atoms with Gasteiger partial charge in [-0.15, -0.1) is 0 Å². The van der Waals surface area contributed by atoms with Crippen LogP contribution in [0, 0.1) is 0 Å². The van der Waals surface area contributed by atoms with Gasteiger partial charge in [0.05, 0.1) is 5.69 Å². The van der Waals surface area contributed by atoms with Crippen LogP contribution in [0.1, 0.15) is 35.7 Å². The maximum atomic E-state index is 11.0. The lowest BCUT2D eigenvalue weighted by molar-refractivity contribution is 0.0662. The molecule has 0 unspecified atom stereocenters. The summed E-state index contributed by atoms with van der Waals surface area (Å²) in [5.74, 6) is -0.769. The van der Waals surface area contributed by atoms with E-state index in [2.05, 4.69) is 11.9 Å². The Bertz CT molecular complexity index is 555. The van der Waals surface area contributed by atoms with Gasteiger partial charge in [0.1, 0.15) is 0 Å². The number of nitrogens with zero attached hydrogens (tertiary/aromatic N) is 1. The fourth-order valence-corrected chi connectivity index (χ4v) is 1.76. The van der Waals surface area contributed by atoms with Crippen molar-refractivity contribution in [2.45, 2.75) is 26.7 Å². The average Bonchev–Trinajstić information content (AvgIpc) is 2.83. The number of aryl methyl sites for hydroxylation is 2. The van der Waals surface area contributed by atoms with Crippen molar-refractivity contribution < 1.29 is 14.3 Å². The first-order valence-electron chi connectivity index (χ1n) is 5.98. The summed E-state index contributed by atoms with van der Waals surface area (Å²) >= 11 is 0. The van der Waals surface area contributed by atoms with E-state index in [1.54, 1.807) is 0 Å². The van der Waals surface area contributed by atoms with Crippen LogP contribution in [0.25, 0.3) is 11.5 Å². The Morgan fingerprint density at radius 2 is 1.89 bits per heavy atom. The molecular formula is C14H15NO3. The van der Waals surface area contributed by atoms with E-state index in [4.69, 9.17) is 9.52 Å². The highest BCUT2D eigenvalue weighted by atomic mass is 16.4. The maximum absolute atomic E-state index is 11.0. The second-order valence-electron chi connectivity index (χ2n) is 4.00. The van der Waals surface area contributed by atoms with Crippen LogP contribution in [0.3, 0.4) is 0 Å². The van der Waals surface area contributed by atoms with Gasteiger partial charge < -0.3 is 9.52 Å². The highest BCUT2D eigenvalue weighted by molar-refractivity contribution is 5.86. The Hall–Kier alpha value is -2.10. The molecule has 1 aromatic carbocycles. The van der Waals surface area contributed by atoms with Crippen LogP contribution in [0.4, 0.5) is 0 Å². The summed E-state index contributed by atoms with van der Waals surface area (Å²) in [6, 6.07) is 7.78. The molecule has 94 valence electrons. The number of rotatable bonds is 4. The first-order chi connectivity index (χ1) is 8.65. The number of aromatic nitrogens is 1. The zero-order valence-corrected chi connectivity index (χ0v) is 10.4. The second-order valence-corrected chi connectivity index (χ2v) is 4.00. The molecule has 0 aliphatic rings. The van der Waals surface area contributed by atoms with E-state index in [0.717, 1.165) is 12.0 Å². The molecule has 0 radical (unpaired) electrons. The SMILES string of the molecule is CCc1ccc(-c2nc(CC)c(C(=O)O)o2)cc1. The monoisotopic (exact) mass is 245 g/mol. The van der Waals surface area contributed by atoms with Crippen LogP contribution in [0.15, 0.2) is 28.7 Å². The number of aromatic carboxylic acids is 1. The van der Waals surface area contributed by atoms with Gasteiger partial charge in [-0.1, -0.05) is 26.0 Å². The number of carboxylic acid groups (broad SMARTS) is 1. The van der Waals surface area contributed by atoms with Gasteiger partial charge in [0, 0.05) is 5.56 Å². The van der Waals surface area contributed by atoms with E-state index in [0.29, 0.717) is 18.0 Å². The van der Waals surface area contributed by atoms with E-state index in [1.807, 2.05) is 31.2 Å². The van der Waals surface area contributed by atoms with Gasteiger partial charge in [-0.3, -0.25) is 0 Å². The Morgan fingerprint density at radius 1 is 1.22 bits per heavy atom. The first kappa shape index (κ1) is 12.4. The van der Waals surface area contributed by atoms with E-state index in [-0.39, 0.29) is 5.76 Å². The average molecular weight is 245 g/mol. The van der Waals surface area contributed by atoms with Gasteiger partial charge >= 0.3 is 5.97 Å². The number of benzene rings is 1. The quantitative estimate of drug-likeness (QED) is 0.898. The Morgan fingerprint density at radius 3 is 2.33 bits per heavy atom. The molecule has 0 amide bonds. The third-order valence-electron chi connectivity index (χ3n) is 2.84. The third-order valence-corrected chi connectivity index (χ3v) is 2.84. The third kappa shape index (κ3) is 2.27. The van der Waals surface area contributed by atoms with Crippen LogP contribution in [0.2, 0.25) is 0 Å². The molecule has 0 fully saturated rings. The Kier molecular flexibility index (Phi) is 3.46. The zero-order chi connectivity index (χ0) is 13.1. The molecule has 0 spiro atoms. The van der Waals surface area contributed by atoms with Crippen LogP contribution >= 0.6 is 0 Å². The molecule has 4 heteroatoms. The molecule has 18 heavy (non-hydrogen) atoms. The summed E-state index contributed by atoms with van der Waals surface area (Å²) in [6.45, 7) is 3.94. The molecule has 1 N–H and O–H groups in total. The fourth-order valence-electron chi connectivity index (χ4n) is 1.76. The molecule has 1 heterocycles.